The first-order chi connectivity index (χ1) is 13.5. The van der Waals surface area contributed by atoms with Gasteiger partial charge in [-0.05, 0) is 49.7 Å². The quantitative estimate of drug-likeness (QED) is 0.748. The van der Waals surface area contributed by atoms with E-state index in [0.29, 0.717) is 25.4 Å². The molecule has 2 amide bonds. The highest BCUT2D eigenvalue weighted by molar-refractivity contribution is 6.00. The van der Waals surface area contributed by atoms with Gasteiger partial charge in [0.15, 0.2) is 0 Å². The molecule has 0 aromatic heterocycles. The van der Waals surface area contributed by atoms with Crippen LogP contribution in [0.25, 0.3) is 0 Å². The van der Waals surface area contributed by atoms with Gasteiger partial charge in [0.1, 0.15) is 18.1 Å². The topological polar surface area (TPSA) is 67.9 Å². The Hall–Kier alpha value is -3.02. The molecular formula is C22H26N2O4. The van der Waals surface area contributed by atoms with Crippen molar-refractivity contribution in [2.45, 2.75) is 20.3 Å². The van der Waals surface area contributed by atoms with Crippen molar-refractivity contribution in [2.75, 3.05) is 31.7 Å². The fraction of sp³-hybridized carbons (Fsp3) is 0.364. The third kappa shape index (κ3) is 4.63. The molecule has 0 bridgehead atoms. The average Bonchev–Trinajstić information content (AvgIpc) is 3.07. The van der Waals surface area contributed by atoms with Gasteiger partial charge in [0, 0.05) is 18.7 Å². The molecule has 2 aromatic rings. The minimum atomic E-state index is -0.339. The van der Waals surface area contributed by atoms with Crippen LogP contribution in [0.3, 0.4) is 0 Å². The van der Waals surface area contributed by atoms with Gasteiger partial charge in [0.05, 0.1) is 19.6 Å². The second-order valence-corrected chi connectivity index (χ2v) is 7.01. The summed E-state index contributed by atoms with van der Waals surface area (Å²) in [6.45, 7) is 5.17. The van der Waals surface area contributed by atoms with Crippen LogP contribution in [0.4, 0.5) is 5.69 Å². The Kier molecular flexibility index (Phi) is 6.19. The van der Waals surface area contributed by atoms with Crippen LogP contribution in [-0.2, 0) is 9.59 Å². The number of nitrogens with one attached hydrogen (secondary N) is 1. The van der Waals surface area contributed by atoms with Gasteiger partial charge < -0.3 is 19.7 Å². The summed E-state index contributed by atoms with van der Waals surface area (Å²) in [5, 5.41) is 2.87. The number of methoxy groups -OCH3 is 1. The number of amides is 2. The first-order valence-corrected chi connectivity index (χ1v) is 9.40. The average molecular weight is 382 g/mol. The number of benzene rings is 2. The summed E-state index contributed by atoms with van der Waals surface area (Å²) in [5.41, 5.74) is 3.08. The van der Waals surface area contributed by atoms with Crippen molar-refractivity contribution in [3.05, 3.63) is 53.6 Å². The van der Waals surface area contributed by atoms with Crippen LogP contribution < -0.4 is 19.7 Å². The van der Waals surface area contributed by atoms with Crippen LogP contribution in [0.5, 0.6) is 11.5 Å². The van der Waals surface area contributed by atoms with Gasteiger partial charge in [-0.2, -0.15) is 0 Å². The second-order valence-electron chi connectivity index (χ2n) is 7.01. The Morgan fingerprint density at radius 3 is 2.54 bits per heavy atom. The third-order valence-electron chi connectivity index (χ3n) is 4.87. The van der Waals surface area contributed by atoms with Crippen LogP contribution in [0.1, 0.15) is 17.5 Å². The van der Waals surface area contributed by atoms with Crippen LogP contribution >= 0.6 is 0 Å². The molecule has 1 heterocycles. The highest BCUT2D eigenvalue weighted by Crippen LogP contribution is 2.28. The third-order valence-corrected chi connectivity index (χ3v) is 4.87. The van der Waals surface area contributed by atoms with E-state index in [9.17, 15) is 9.59 Å². The standard InChI is InChI=1S/C22H26N2O4/c1-15-4-9-20(16(2)12-15)24-14-17(13-21(24)25)22(26)23-10-11-28-19-7-5-18(27-3)6-8-19/h4-9,12,17H,10-11,13-14H2,1-3H3,(H,23,26). The maximum absolute atomic E-state index is 12.4. The van der Waals surface area contributed by atoms with Gasteiger partial charge in [0.25, 0.3) is 0 Å². The van der Waals surface area contributed by atoms with Crippen LogP contribution in [-0.4, -0.2) is 38.6 Å². The SMILES string of the molecule is COc1ccc(OCCNC(=O)C2CC(=O)N(c3ccc(C)cc3C)C2)cc1. The lowest BCUT2D eigenvalue weighted by Crippen LogP contribution is -2.35. The molecule has 6 nitrogen and oxygen atoms in total. The molecule has 1 N–H and O–H groups in total. The molecule has 3 rings (SSSR count). The van der Waals surface area contributed by atoms with E-state index in [4.69, 9.17) is 9.47 Å². The van der Waals surface area contributed by atoms with Gasteiger partial charge in [-0.1, -0.05) is 17.7 Å². The lowest BCUT2D eigenvalue weighted by molar-refractivity contribution is -0.126. The number of aryl methyl sites for hydroxylation is 2. The minimum absolute atomic E-state index is 0.0124. The fourth-order valence-corrected chi connectivity index (χ4v) is 3.38. The Labute approximate surface area is 165 Å². The van der Waals surface area contributed by atoms with E-state index in [2.05, 4.69) is 5.32 Å². The molecule has 1 saturated heterocycles. The number of ether oxygens (including phenoxy) is 2. The van der Waals surface area contributed by atoms with E-state index in [0.717, 1.165) is 22.6 Å². The van der Waals surface area contributed by atoms with Crippen molar-refractivity contribution in [2.24, 2.45) is 5.92 Å². The molecule has 1 aliphatic heterocycles. The number of carbonyl (C=O) groups excluding carboxylic acids is 2. The molecule has 0 aliphatic carbocycles. The number of nitrogens with zero attached hydrogens (tertiary/aromatic N) is 1. The lowest BCUT2D eigenvalue weighted by atomic mass is 10.1. The maximum atomic E-state index is 12.4. The van der Waals surface area contributed by atoms with E-state index in [1.807, 2.05) is 56.3 Å². The zero-order chi connectivity index (χ0) is 20.1. The maximum Gasteiger partial charge on any atom is 0.227 e. The van der Waals surface area contributed by atoms with Crippen molar-refractivity contribution < 1.29 is 19.1 Å². The molecule has 28 heavy (non-hydrogen) atoms. The molecule has 0 saturated carbocycles. The number of hydrogen-bond donors (Lipinski definition) is 1. The highest BCUT2D eigenvalue weighted by Gasteiger charge is 2.35. The predicted molar refractivity (Wildman–Crippen MR) is 108 cm³/mol. The van der Waals surface area contributed by atoms with Gasteiger partial charge in [0.2, 0.25) is 11.8 Å². The van der Waals surface area contributed by atoms with Crippen molar-refractivity contribution >= 4 is 17.5 Å². The Bertz CT molecular complexity index is 848. The predicted octanol–water partition coefficient (Wildman–Crippen LogP) is 2.86. The van der Waals surface area contributed by atoms with Gasteiger partial charge in [-0.15, -0.1) is 0 Å². The van der Waals surface area contributed by atoms with Crippen molar-refractivity contribution in [3.8, 4) is 11.5 Å². The zero-order valence-corrected chi connectivity index (χ0v) is 16.5. The first kappa shape index (κ1) is 19.7. The molecule has 6 heteroatoms. The largest absolute Gasteiger partial charge is 0.497 e. The Morgan fingerprint density at radius 1 is 1.14 bits per heavy atom. The van der Waals surface area contributed by atoms with E-state index in [-0.39, 0.29) is 24.2 Å². The van der Waals surface area contributed by atoms with E-state index in [1.54, 1.807) is 12.0 Å². The molecule has 1 unspecified atom stereocenters. The van der Waals surface area contributed by atoms with Gasteiger partial charge in [-0.3, -0.25) is 9.59 Å². The zero-order valence-electron chi connectivity index (χ0n) is 16.5. The summed E-state index contributed by atoms with van der Waals surface area (Å²) in [5.74, 6) is 1.02. The first-order valence-electron chi connectivity index (χ1n) is 9.40. The molecule has 2 aromatic carbocycles. The van der Waals surface area contributed by atoms with E-state index in [1.165, 1.54) is 0 Å². The van der Waals surface area contributed by atoms with Crippen LogP contribution in [0.15, 0.2) is 42.5 Å². The summed E-state index contributed by atoms with van der Waals surface area (Å²) >= 11 is 0. The smallest absolute Gasteiger partial charge is 0.227 e. The molecule has 148 valence electrons. The summed E-state index contributed by atoms with van der Waals surface area (Å²) in [7, 11) is 1.61. The normalized spacial score (nSPS) is 16.2. The highest BCUT2D eigenvalue weighted by atomic mass is 16.5. The number of carbonyl (C=O) groups is 2. The number of anilines is 1. The summed E-state index contributed by atoms with van der Waals surface area (Å²) in [4.78, 5) is 26.6. The summed E-state index contributed by atoms with van der Waals surface area (Å²) in [6.07, 6.45) is 0.235. The van der Waals surface area contributed by atoms with Crippen LogP contribution in [0, 0.1) is 19.8 Å². The molecule has 1 aliphatic rings. The summed E-state index contributed by atoms with van der Waals surface area (Å²) in [6, 6.07) is 13.3. The van der Waals surface area contributed by atoms with Crippen molar-refractivity contribution in [1.82, 2.24) is 5.32 Å². The monoisotopic (exact) mass is 382 g/mol. The minimum Gasteiger partial charge on any atom is -0.497 e. The fourth-order valence-electron chi connectivity index (χ4n) is 3.38. The molecule has 0 spiro atoms. The van der Waals surface area contributed by atoms with Crippen molar-refractivity contribution in [3.63, 3.8) is 0 Å². The van der Waals surface area contributed by atoms with E-state index >= 15 is 0 Å². The number of rotatable bonds is 7. The Morgan fingerprint density at radius 2 is 1.86 bits per heavy atom. The molecule has 1 fully saturated rings. The van der Waals surface area contributed by atoms with Gasteiger partial charge >= 0.3 is 0 Å². The lowest BCUT2D eigenvalue weighted by Gasteiger charge is -2.19. The van der Waals surface area contributed by atoms with Crippen LogP contribution in [0.2, 0.25) is 0 Å². The Balaban J connectivity index is 1.47. The molecular weight excluding hydrogens is 356 g/mol. The number of hydrogen-bond acceptors (Lipinski definition) is 4. The van der Waals surface area contributed by atoms with E-state index < -0.39 is 0 Å². The molecule has 1 atom stereocenters. The molecule has 0 radical (unpaired) electrons. The second kappa shape index (κ2) is 8.78. The van der Waals surface area contributed by atoms with Crippen molar-refractivity contribution in [1.29, 1.82) is 0 Å². The van der Waals surface area contributed by atoms with Gasteiger partial charge in [-0.25, -0.2) is 0 Å². The summed E-state index contributed by atoms with van der Waals surface area (Å²) < 4.78 is 10.7.